The van der Waals surface area contributed by atoms with Crippen LogP contribution >= 0.6 is 0 Å². The summed E-state index contributed by atoms with van der Waals surface area (Å²) in [4.78, 5) is 24.7. The van der Waals surface area contributed by atoms with Crippen molar-refractivity contribution in [2.24, 2.45) is 0 Å². The Balaban J connectivity index is 2.02. The number of carbonyl (C=O) groups excluding carboxylic acids is 2. The number of alkyl carbamates (subject to hydrolysis) is 1. The second-order valence-electron chi connectivity index (χ2n) is 7.36. The monoisotopic (exact) mass is 353 g/mol. The lowest BCUT2D eigenvalue weighted by Gasteiger charge is -2.23. The van der Waals surface area contributed by atoms with Gasteiger partial charge in [0.15, 0.2) is 5.78 Å². The topological polar surface area (TPSA) is 55.4 Å². The first kappa shape index (κ1) is 19.7. The van der Waals surface area contributed by atoms with Crippen molar-refractivity contribution in [2.75, 3.05) is 0 Å². The van der Waals surface area contributed by atoms with Crippen LogP contribution in [0.15, 0.2) is 60.7 Å². The predicted molar refractivity (Wildman–Crippen MR) is 103 cm³/mol. The molecule has 0 radical (unpaired) electrons. The van der Waals surface area contributed by atoms with Gasteiger partial charge in [-0.05, 0) is 39.2 Å². The third-order valence-corrected chi connectivity index (χ3v) is 3.87. The summed E-state index contributed by atoms with van der Waals surface area (Å²) in [6.07, 6.45) is 1.21. The molecule has 0 aliphatic carbocycles. The van der Waals surface area contributed by atoms with Crippen LogP contribution in [0.1, 0.15) is 49.5 Å². The third kappa shape index (κ3) is 7.09. The van der Waals surface area contributed by atoms with Gasteiger partial charge in [0.25, 0.3) is 0 Å². The normalized spacial score (nSPS) is 12.3. The van der Waals surface area contributed by atoms with Gasteiger partial charge in [0.1, 0.15) is 5.60 Å². The molecule has 0 saturated carbocycles. The molecule has 1 atom stereocenters. The number of hydrogen-bond donors (Lipinski definition) is 1. The van der Waals surface area contributed by atoms with Crippen molar-refractivity contribution in [1.29, 1.82) is 0 Å². The van der Waals surface area contributed by atoms with Crippen LogP contribution in [0.2, 0.25) is 0 Å². The molecule has 0 spiro atoms. The van der Waals surface area contributed by atoms with Crippen molar-refractivity contribution in [1.82, 2.24) is 5.32 Å². The van der Waals surface area contributed by atoms with E-state index in [-0.39, 0.29) is 18.2 Å². The SMILES string of the molecule is CC(C)(C)OC(=O)NC(CCc1ccccc1)CC(=O)c1ccccc1. The molecule has 2 aromatic carbocycles. The fraction of sp³-hybridized carbons (Fsp3) is 0.364. The number of amides is 1. The van der Waals surface area contributed by atoms with E-state index in [1.165, 1.54) is 5.56 Å². The molecule has 138 valence electrons. The number of nitrogens with one attached hydrogen (secondary N) is 1. The van der Waals surface area contributed by atoms with Gasteiger partial charge in [0.05, 0.1) is 0 Å². The number of carbonyl (C=O) groups is 2. The van der Waals surface area contributed by atoms with Crippen LogP contribution in [0.5, 0.6) is 0 Å². The molecular weight excluding hydrogens is 326 g/mol. The molecule has 4 heteroatoms. The summed E-state index contributed by atoms with van der Waals surface area (Å²) in [6.45, 7) is 5.46. The summed E-state index contributed by atoms with van der Waals surface area (Å²) in [5.74, 6) is 0.0136. The summed E-state index contributed by atoms with van der Waals surface area (Å²) in [5.41, 5.74) is 1.26. The molecule has 2 rings (SSSR count). The molecule has 0 aromatic heterocycles. The van der Waals surface area contributed by atoms with Gasteiger partial charge in [-0.2, -0.15) is 0 Å². The first-order valence-corrected chi connectivity index (χ1v) is 8.95. The van der Waals surface area contributed by atoms with E-state index in [0.29, 0.717) is 12.0 Å². The molecule has 0 aliphatic heterocycles. The zero-order valence-electron chi connectivity index (χ0n) is 15.7. The second kappa shape index (κ2) is 9.18. The molecule has 1 amide bonds. The Bertz CT molecular complexity index is 705. The van der Waals surface area contributed by atoms with Crippen LogP contribution in [0.4, 0.5) is 4.79 Å². The van der Waals surface area contributed by atoms with E-state index < -0.39 is 11.7 Å². The molecule has 26 heavy (non-hydrogen) atoms. The van der Waals surface area contributed by atoms with Crippen molar-refractivity contribution in [2.45, 2.75) is 51.7 Å². The number of aryl methyl sites for hydroxylation is 1. The molecule has 0 saturated heterocycles. The number of Topliss-reactive ketones (excluding diaryl/α,β-unsaturated/α-hetero) is 1. The Morgan fingerprint density at radius 1 is 0.962 bits per heavy atom. The summed E-state index contributed by atoms with van der Waals surface area (Å²) >= 11 is 0. The van der Waals surface area contributed by atoms with Gasteiger partial charge in [-0.1, -0.05) is 60.7 Å². The largest absolute Gasteiger partial charge is 0.444 e. The Morgan fingerprint density at radius 3 is 2.12 bits per heavy atom. The van der Waals surface area contributed by atoms with E-state index >= 15 is 0 Å². The minimum absolute atomic E-state index is 0.0136. The molecule has 2 aromatic rings. The average Bonchev–Trinajstić information content (AvgIpc) is 2.59. The van der Waals surface area contributed by atoms with Crippen LogP contribution in [0.3, 0.4) is 0 Å². The van der Waals surface area contributed by atoms with Crippen LogP contribution in [0.25, 0.3) is 0 Å². The van der Waals surface area contributed by atoms with E-state index in [4.69, 9.17) is 4.74 Å². The third-order valence-electron chi connectivity index (χ3n) is 3.87. The van der Waals surface area contributed by atoms with E-state index in [0.717, 1.165) is 6.42 Å². The summed E-state index contributed by atoms with van der Waals surface area (Å²) in [7, 11) is 0. The molecule has 1 unspecified atom stereocenters. The van der Waals surface area contributed by atoms with E-state index in [1.54, 1.807) is 12.1 Å². The number of ketones is 1. The number of hydrogen-bond acceptors (Lipinski definition) is 3. The van der Waals surface area contributed by atoms with E-state index in [2.05, 4.69) is 5.32 Å². The lowest BCUT2D eigenvalue weighted by Crippen LogP contribution is -2.40. The van der Waals surface area contributed by atoms with Crippen molar-refractivity contribution in [3.05, 3.63) is 71.8 Å². The first-order chi connectivity index (χ1) is 12.3. The molecule has 4 nitrogen and oxygen atoms in total. The van der Waals surface area contributed by atoms with Crippen molar-refractivity contribution >= 4 is 11.9 Å². The second-order valence-corrected chi connectivity index (χ2v) is 7.36. The van der Waals surface area contributed by atoms with Crippen LogP contribution in [0, 0.1) is 0 Å². The lowest BCUT2D eigenvalue weighted by molar-refractivity contribution is 0.0499. The van der Waals surface area contributed by atoms with E-state index in [1.807, 2.05) is 69.3 Å². The molecule has 1 N–H and O–H groups in total. The molecular formula is C22H27NO3. The number of benzene rings is 2. The summed E-state index contributed by atoms with van der Waals surface area (Å²) < 4.78 is 5.35. The molecule has 0 heterocycles. The van der Waals surface area contributed by atoms with Gasteiger partial charge < -0.3 is 10.1 Å². The number of rotatable bonds is 7. The molecule has 0 fully saturated rings. The van der Waals surface area contributed by atoms with Crippen LogP contribution in [-0.2, 0) is 11.2 Å². The van der Waals surface area contributed by atoms with Crippen molar-refractivity contribution in [3.8, 4) is 0 Å². The zero-order chi connectivity index (χ0) is 19.0. The number of ether oxygens (including phenoxy) is 1. The average molecular weight is 353 g/mol. The summed E-state index contributed by atoms with van der Waals surface area (Å²) in [5, 5.41) is 2.86. The molecule has 0 bridgehead atoms. The van der Waals surface area contributed by atoms with Gasteiger partial charge in [0, 0.05) is 18.0 Å². The van der Waals surface area contributed by atoms with Crippen LogP contribution in [-0.4, -0.2) is 23.5 Å². The maximum absolute atomic E-state index is 12.5. The van der Waals surface area contributed by atoms with Gasteiger partial charge in [0.2, 0.25) is 0 Å². The fourth-order valence-corrected chi connectivity index (χ4v) is 2.65. The molecule has 0 aliphatic rings. The quantitative estimate of drug-likeness (QED) is 0.729. The fourth-order valence-electron chi connectivity index (χ4n) is 2.65. The Hall–Kier alpha value is -2.62. The smallest absolute Gasteiger partial charge is 0.407 e. The van der Waals surface area contributed by atoms with Crippen LogP contribution < -0.4 is 5.32 Å². The van der Waals surface area contributed by atoms with Crippen molar-refractivity contribution < 1.29 is 14.3 Å². The highest BCUT2D eigenvalue weighted by molar-refractivity contribution is 5.96. The maximum Gasteiger partial charge on any atom is 0.407 e. The minimum atomic E-state index is -0.572. The lowest BCUT2D eigenvalue weighted by atomic mass is 9.98. The highest BCUT2D eigenvalue weighted by Gasteiger charge is 2.21. The standard InChI is InChI=1S/C22H27NO3/c1-22(2,3)26-21(25)23-19(15-14-17-10-6-4-7-11-17)16-20(24)18-12-8-5-9-13-18/h4-13,19H,14-16H2,1-3H3,(H,23,25). The van der Waals surface area contributed by atoms with Gasteiger partial charge in [-0.25, -0.2) is 4.79 Å². The Kier molecular flexibility index (Phi) is 6.96. The van der Waals surface area contributed by atoms with E-state index in [9.17, 15) is 9.59 Å². The van der Waals surface area contributed by atoms with Gasteiger partial charge >= 0.3 is 6.09 Å². The Labute approximate surface area is 155 Å². The Morgan fingerprint density at radius 2 is 1.54 bits per heavy atom. The maximum atomic E-state index is 12.5. The summed E-state index contributed by atoms with van der Waals surface area (Å²) in [6, 6.07) is 18.9. The van der Waals surface area contributed by atoms with Gasteiger partial charge in [-0.15, -0.1) is 0 Å². The van der Waals surface area contributed by atoms with Crippen molar-refractivity contribution in [3.63, 3.8) is 0 Å². The highest BCUT2D eigenvalue weighted by Crippen LogP contribution is 2.13. The van der Waals surface area contributed by atoms with Gasteiger partial charge in [-0.3, -0.25) is 4.79 Å². The zero-order valence-corrected chi connectivity index (χ0v) is 15.7. The minimum Gasteiger partial charge on any atom is -0.444 e. The predicted octanol–water partition coefficient (Wildman–Crippen LogP) is 4.79. The first-order valence-electron chi connectivity index (χ1n) is 8.95. The highest BCUT2D eigenvalue weighted by atomic mass is 16.6.